The number of carbonyl (C=O) groups is 2. The number of carbonyl (C=O) groups excluding carboxylic acids is 1. The van der Waals surface area contributed by atoms with Crippen LogP contribution >= 0.6 is 11.8 Å². The van der Waals surface area contributed by atoms with Gasteiger partial charge in [0.2, 0.25) is 5.91 Å². The minimum atomic E-state index is -0.911. The molecule has 1 aromatic carbocycles. The van der Waals surface area contributed by atoms with Crippen molar-refractivity contribution in [3.8, 4) is 0 Å². The lowest BCUT2D eigenvalue weighted by Crippen LogP contribution is -2.47. The number of benzene rings is 1. The van der Waals surface area contributed by atoms with Gasteiger partial charge in [-0.2, -0.15) is 0 Å². The van der Waals surface area contributed by atoms with E-state index >= 15 is 0 Å². The Morgan fingerprint density at radius 1 is 1.22 bits per heavy atom. The Labute approximate surface area is 140 Å². The summed E-state index contributed by atoms with van der Waals surface area (Å²) in [6, 6.07) is 9.49. The standard InChI is InChI=1S/C18H21NO3S/c20-16(19-11-5-4-8-15(19)17(21)22)12-18(9-10-18)13-23-14-6-2-1-3-7-14/h1-7,15H,8-13H2,(H,21,22). The van der Waals surface area contributed by atoms with E-state index in [2.05, 4.69) is 12.1 Å². The number of hydrogen-bond donors (Lipinski definition) is 1. The maximum absolute atomic E-state index is 12.6. The first-order valence-electron chi connectivity index (χ1n) is 7.95. The Kier molecular flexibility index (Phi) is 4.76. The van der Waals surface area contributed by atoms with Gasteiger partial charge in [0, 0.05) is 23.6 Å². The molecule has 0 aromatic heterocycles. The monoisotopic (exact) mass is 331 g/mol. The summed E-state index contributed by atoms with van der Waals surface area (Å²) in [5.74, 6) is -0.0106. The molecular weight excluding hydrogens is 310 g/mol. The molecule has 1 N–H and O–H groups in total. The van der Waals surface area contributed by atoms with Gasteiger partial charge in [0.25, 0.3) is 0 Å². The van der Waals surface area contributed by atoms with E-state index in [1.54, 1.807) is 11.8 Å². The zero-order valence-corrected chi connectivity index (χ0v) is 13.8. The minimum Gasteiger partial charge on any atom is -0.480 e. The second-order valence-electron chi connectivity index (χ2n) is 6.39. The first kappa shape index (κ1) is 16.1. The van der Waals surface area contributed by atoms with E-state index in [0.29, 0.717) is 19.4 Å². The predicted molar refractivity (Wildman–Crippen MR) is 90.3 cm³/mol. The van der Waals surface area contributed by atoms with Crippen LogP contribution in [0.25, 0.3) is 0 Å². The third-order valence-corrected chi connectivity index (χ3v) is 5.94. The lowest BCUT2D eigenvalue weighted by molar-refractivity contribution is -0.150. The molecule has 1 aromatic rings. The molecule has 2 aliphatic rings. The maximum atomic E-state index is 12.6. The summed E-state index contributed by atoms with van der Waals surface area (Å²) in [5, 5.41) is 9.29. The number of carboxylic acids is 1. The van der Waals surface area contributed by atoms with Crippen molar-refractivity contribution < 1.29 is 14.7 Å². The summed E-state index contributed by atoms with van der Waals surface area (Å²) in [5.41, 5.74) is 0.0573. The van der Waals surface area contributed by atoms with Gasteiger partial charge in [-0.3, -0.25) is 4.79 Å². The number of nitrogens with zero attached hydrogens (tertiary/aromatic N) is 1. The fourth-order valence-corrected chi connectivity index (χ4v) is 4.12. The van der Waals surface area contributed by atoms with Crippen LogP contribution in [0.15, 0.2) is 47.4 Å². The van der Waals surface area contributed by atoms with Gasteiger partial charge < -0.3 is 10.0 Å². The fourth-order valence-electron chi connectivity index (χ4n) is 2.90. The van der Waals surface area contributed by atoms with Gasteiger partial charge in [0.1, 0.15) is 6.04 Å². The van der Waals surface area contributed by atoms with E-state index in [-0.39, 0.29) is 11.3 Å². The van der Waals surface area contributed by atoms with Gasteiger partial charge in [0.05, 0.1) is 0 Å². The molecule has 1 atom stereocenters. The Bertz CT molecular complexity index is 610. The van der Waals surface area contributed by atoms with Crippen molar-refractivity contribution in [3.63, 3.8) is 0 Å². The van der Waals surface area contributed by atoms with Crippen LogP contribution in [0.3, 0.4) is 0 Å². The topological polar surface area (TPSA) is 57.6 Å². The van der Waals surface area contributed by atoms with Crippen LogP contribution in [-0.4, -0.2) is 40.2 Å². The molecule has 0 saturated heterocycles. The Morgan fingerprint density at radius 3 is 2.61 bits per heavy atom. The highest BCUT2D eigenvalue weighted by Crippen LogP contribution is 2.52. The van der Waals surface area contributed by atoms with Crippen LogP contribution in [0.1, 0.15) is 25.7 Å². The Hall–Kier alpha value is -1.75. The zero-order valence-electron chi connectivity index (χ0n) is 13.0. The van der Waals surface area contributed by atoms with E-state index in [1.165, 1.54) is 9.80 Å². The van der Waals surface area contributed by atoms with Crippen molar-refractivity contribution in [2.45, 2.75) is 36.6 Å². The van der Waals surface area contributed by atoms with Gasteiger partial charge in [-0.25, -0.2) is 4.79 Å². The molecule has 23 heavy (non-hydrogen) atoms. The van der Waals surface area contributed by atoms with Crippen molar-refractivity contribution in [2.75, 3.05) is 12.3 Å². The number of hydrogen-bond acceptors (Lipinski definition) is 3. The van der Waals surface area contributed by atoms with Crippen molar-refractivity contribution in [2.24, 2.45) is 5.41 Å². The summed E-state index contributed by atoms with van der Waals surface area (Å²) in [7, 11) is 0. The number of aliphatic carboxylic acids is 1. The van der Waals surface area contributed by atoms with E-state index in [9.17, 15) is 14.7 Å². The van der Waals surface area contributed by atoms with Gasteiger partial charge in [-0.1, -0.05) is 30.4 Å². The van der Waals surface area contributed by atoms with E-state index < -0.39 is 12.0 Å². The molecule has 1 aliphatic heterocycles. The lowest BCUT2D eigenvalue weighted by atomic mass is 10.0. The van der Waals surface area contributed by atoms with Crippen LogP contribution in [-0.2, 0) is 9.59 Å². The molecule has 4 nitrogen and oxygen atoms in total. The highest BCUT2D eigenvalue weighted by atomic mass is 32.2. The second-order valence-corrected chi connectivity index (χ2v) is 7.43. The molecular formula is C18H21NO3S. The molecule has 1 unspecified atom stereocenters. The number of rotatable bonds is 6. The average Bonchev–Trinajstić information content (AvgIpc) is 3.34. The molecule has 1 saturated carbocycles. The van der Waals surface area contributed by atoms with Crippen LogP contribution in [0, 0.1) is 5.41 Å². The zero-order chi connectivity index (χ0) is 16.3. The third kappa shape index (κ3) is 3.96. The normalized spacial score (nSPS) is 21.9. The molecule has 1 aliphatic carbocycles. The maximum Gasteiger partial charge on any atom is 0.326 e. The molecule has 1 heterocycles. The molecule has 122 valence electrons. The average molecular weight is 331 g/mol. The van der Waals surface area contributed by atoms with Gasteiger partial charge >= 0.3 is 5.97 Å². The number of carboxylic acid groups (broad SMARTS) is 1. The first-order valence-corrected chi connectivity index (χ1v) is 8.93. The number of amides is 1. The van der Waals surface area contributed by atoms with Crippen LogP contribution in [0.4, 0.5) is 0 Å². The van der Waals surface area contributed by atoms with Gasteiger partial charge in [-0.15, -0.1) is 11.8 Å². The lowest BCUT2D eigenvalue weighted by Gasteiger charge is -2.31. The van der Waals surface area contributed by atoms with Crippen LogP contribution < -0.4 is 0 Å². The fraction of sp³-hybridized carbons (Fsp3) is 0.444. The molecule has 1 amide bonds. The quantitative estimate of drug-likeness (QED) is 0.642. The van der Waals surface area contributed by atoms with Gasteiger partial charge in [0.15, 0.2) is 0 Å². The molecule has 0 radical (unpaired) electrons. The highest BCUT2D eigenvalue weighted by Gasteiger charge is 2.46. The molecule has 3 rings (SSSR count). The molecule has 0 spiro atoms. The summed E-state index contributed by atoms with van der Waals surface area (Å²) >= 11 is 1.78. The summed E-state index contributed by atoms with van der Waals surface area (Å²) in [6.07, 6.45) is 6.72. The van der Waals surface area contributed by atoms with Crippen molar-refractivity contribution in [1.29, 1.82) is 0 Å². The van der Waals surface area contributed by atoms with Crippen LogP contribution in [0.2, 0.25) is 0 Å². The molecule has 5 heteroatoms. The smallest absolute Gasteiger partial charge is 0.326 e. The highest BCUT2D eigenvalue weighted by molar-refractivity contribution is 7.99. The van der Waals surface area contributed by atoms with E-state index in [4.69, 9.17) is 0 Å². The van der Waals surface area contributed by atoms with Crippen LogP contribution in [0.5, 0.6) is 0 Å². The predicted octanol–water partition coefficient (Wildman–Crippen LogP) is 3.19. The summed E-state index contributed by atoms with van der Waals surface area (Å²) < 4.78 is 0. The van der Waals surface area contributed by atoms with Crippen molar-refractivity contribution >= 4 is 23.6 Å². The minimum absolute atomic E-state index is 0.0205. The number of thioether (sulfide) groups is 1. The SMILES string of the molecule is O=C(O)C1CC=CCN1C(=O)CC1(CSc2ccccc2)CC1. The molecule has 1 fully saturated rings. The Balaban J connectivity index is 1.58. The Morgan fingerprint density at radius 2 is 1.96 bits per heavy atom. The first-order chi connectivity index (χ1) is 11.1. The second kappa shape index (κ2) is 6.79. The van der Waals surface area contributed by atoms with E-state index in [1.807, 2.05) is 30.4 Å². The van der Waals surface area contributed by atoms with E-state index in [0.717, 1.165) is 18.6 Å². The largest absolute Gasteiger partial charge is 0.480 e. The summed E-state index contributed by atoms with van der Waals surface area (Å²) in [6.45, 7) is 0.414. The van der Waals surface area contributed by atoms with Crippen molar-refractivity contribution in [3.05, 3.63) is 42.5 Å². The third-order valence-electron chi connectivity index (χ3n) is 4.58. The molecule has 0 bridgehead atoms. The summed E-state index contributed by atoms with van der Waals surface area (Å²) in [4.78, 5) is 26.7. The van der Waals surface area contributed by atoms with Gasteiger partial charge in [-0.05, 0) is 36.8 Å². The van der Waals surface area contributed by atoms with Crippen molar-refractivity contribution in [1.82, 2.24) is 4.90 Å².